The van der Waals surface area contributed by atoms with Crippen LogP contribution in [0.25, 0.3) is 0 Å². The number of hydrogen-bond donors (Lipinski definition) is 2. The molecule has 3 aromatic heterocycles. The number of amides is 1. The van der Waals surface area contributed by atoms with Gasteiger partial charge in [0.15, 0.2) is 0 Å². The SMILES string of the molecule is Cc1c(S(=O)(=O)N2CCn3nccc3C2)cc(C(=O)NCc2cccnc2C2CCNC2)n1C. The quantitative estimate of drug-likeness (QED) is 0.544. The lowest BCUT2D eigenvalue weighted by atomic mass is 9.99. The molecule has 1 fully saturated rings. The first kappa shape index (κ1) is 22.8. The lowest BCUT2D eigenvalue weighted by Gasteiger charge is -2.26. The Hall–Kier alpha value is -3.02. The first-order valence-corrected chi connectivity index (χ1v) is 12.9. The topological polar surface area (TPSA) is 114 Å². The van der Waals surface area contributed by atoms with Crippen molar-refractivity contribution in [2.45, 2.75) is 43.8 Å². The highest BCUT2D eigenvalue weighted by atomic mass is 32.2. The molecule has 2 aliphatic rings. The highest BCUT2D eigenvalue weighted by molar-refractivity contribution is 7.89. The lowest BCUT2D eigenvalue weighted by molar-refractivity contribution is 0.0942. The zero-order valence-electron chi connectivity index (χ0n) is 19.4. The van der Waals surface area contributed by atoms with Crippen molar-refractivity contribution < 1.29 is 13.2 Å². The third-order valence-electron chi connectivity index (χ3n) is 6.86. The number of pyridine rings is 1. The molecule has 0 aromatic carbocycles. The largest absolute Gasteiger partial charge is 0.347 e. The van der Waals surface area contributed by atoms with Gasteiger partial charge in [-0.2, -0.15) is 9.40 Å². The van der Waals surface area contributed by atoms with E-state index in [4.69, 9.17) is 0 Å². The fourth-order valence-electron chi connectivity index (χ4n) is 4.78. The van der Waals surface area contributed by atoms with E-state index < -0.39 is 10.0 Å². The van der Waals surface area contributed by atoms with E-state index in [-0.39, 0.29) is 17.3 Å². The Kier molecular flexibility index (Phi) is 6.00. The molecule has 180 valence electrons. The molecule has 1 amide bonds. The molecule has 0 aliphatic carbocycles. The van der Waals surface area contributed by atoms with Crippen molar-refractivity contribution in [3.63, 3.8) is 0 Å². The third-order valence-corrected chi connectivity index (χ3v) is 8.82. The van der Waals surface area contributed by atoms with Gasteiger partial charge in [-0.15, -0.1) is 0 Å². The summed E-state index contributed by atoms with van der Waals surface area (Å²) < 4.78 is 31.8. The maximum absolute atomic E-state index is 13.4. The van der Waals surface area contributed by atoms with Crippen LogP contribution in [0.15, 0.2) is 41.6 Å². The molecule has 11 heteroatoms. The molecule has 0 bridgehead atoms. The summed E-state index contributed by atoms with van der Waals surface area (Å²) in [5.74, 6) is 0.0195. The van der Waals surface area contributed by atoms with Crippen molar-refractivity contribution in [2.24, 2.45) is 7.05 Å². The van der Waals surface area contributed by atoms with Crippen LogP contribution >= 0.6 is 0 Å². The molecule has 0 spiro atoms. The van der Waals surface area contributed by atoms with E-state index in [1.807, 2.05) is 22.9 Å². The number of carbonyl (C=O) groups is 1. The maximum atomic E-state index is 13.4. The molecular weight excluding hydrogens is 454 g/mol. The third kappa shape index (κ3) is 4.04. The molecule has 34 heavy (non-hydrogen) atoms. The van der Waals surface area contributed by atoms with E-state index in [0.717, 1.165) is 36.5 Å². The fourth-order valence-corrected chi connectivity index (χ4v) is 6.45. The second-order valence-electron chi connectivity index (χ2n) is 8.84. The fraction of sp³-hybridized carbons (Fsp3) is 0.435. The minimum atomic E-state index is -3.76. The Morgan fingerprint density at radius 2 is 2.12 bits per heavy atom. The molecule has 2 aliphatic heterocycles. The minimum absolute atomic E-state index is 0.159. The highest BCUT2D eigenvalue weighted by Gasteiger charge is 2.32. The van der Waals surface area contributed by atoms with Gasteiger partial charge in [0.25, 0.3) is 5.91 Å². The average Bonchev–Trinajstić information content (AvgIpc) is 3.59. The van der Waals surface area contributed by atoms with Crippen LogP contribution in [0.1, 0.15) is 45.5 Å². The predicted octanol–water partition coefficient (Wildman–Crippen LogP) is 1.14. The van der Waals surface area contributed by atoms with E-state index in [9.17, 15) is 13.2 Å². The minimum Gasteiger partial charge on any atom is -0.347 e. The van der Waals surface area contributed by atoms with Crippen LogP contribution in [0, 0.1) is 6.92 Å². The van der Waals surface area contributed by atoms with Crippen molar-refractivity contribution in [1.82, 2.24) is 34.3 Å². The Morgan fingerprint density at radius 1 is 1.26 bits per heavy atom. The van der Waals surface area contributed by atoms with Gasteiger partial charge in [0.2, 0.25) is 10.0 Å². The predicted molar refractivity (Wildman–Crippen MR) is 126 cm³/mol. The van der Waals surface area contributed by atoms with Gasteiger partial charge in [-0.3, -0.25) is 14.5 Å². The normalized spacial score (nSPS) is 18.7. The number of rotatable bonds is 6. The molecule has 1 saturated heterocycles. The molecule has 5 rings (SSSR count). The second-order valence-corrected chi connectivity index (χ2v) is 10.7. The Balaban J connectivity index is 1.34. The highest BCUT2D eigenvalue weighted by Crippen LogP contribution is 2.27. The summed E-state index contributed by atoms with van der Waals surface area (Å²) in [7, 11) is -2.04. The summed E-state index contributed by atoms with van der Waals surface area (Å²) in [6.45, 7) is 5.01. The van der Waals surface area contributed by atoms with Crippen LogP contribution in [0.3, 0.4) is 0 Å². The summed E-state index contributed by atoms with van der Waals surface area (Å²) in [5.41, 5.74) is 3.68. The average molecular weight is 484 g/mol. The van der Waals surface area contributed by atoms with Crippen molar-refractivity contribution in [3.05, 3.63) is 65.0 Å². The van der Waals surface area contributed by atoms with Crippen LogP contribution in [0.5, 0.6) is 0 Å². The first-order valence-electron chi connectivity index (χ1n) is 11.5. The molecule has 0 saturated carbocycles. The van der Waals surface area contributed by atoms with Gasteiger partial charge in [0.1, 0.15) is 10.6 Å². The van der Waals surface area contributed by atoms with Crippen LogP contribution in [-0.2, 0) is 36.7 Å². The molecule has 1 unspecified atom stereocenters. The van der Waals surface area contributed by atoms with E-state index in [0.29, 0.717) is 36.9 Å². The first-order chi connectivity index (χ1) is 16.4. The van der Waals surface area contributed by atoms with Gasteiger partial charge in [-0.1, -0.05) is 6.07 Å². The van der Waals surface area contributed by atoms with Crippen molar-refractivity contribution in [2.75, 3.05) is 19.6 Å². The van der Waals surface area contributed by atoms with Gasteiger partial charge in [0, 0.05) is 56.4 Å². The van der Waals surface area contributed by atoms with Gasteiger partial charge < -0.3 is 15.2 Å². The Labute approximate surface area is 199 Å². The lowest BCUT2D eigenvalue weighted by Crippen LogP contribution is -2.38. The second kappa shape index (κ2) is 8.97. The number of nitrogens with one attached hydrogen (secondary N) is 2. The number of carbonyl (C=O) groups excluding carboxylic acids is 1. The zero-order valence-corrected chi connectivity index (χ0v) is 20.2. The number of nitrogens with zero attached hydrogens (tertiary/aromatic N) is 5. The molecule has 2 N–H and O–H groups in total. The van der Waals surface area contributed by atoms with E-state index in [1.54, 1.807) is 30.9 Å². The van der Waals surface area contributed by atoms with E-state index >= 15 is 0 Å². The molecule has 1 atom stereocenters. The number of aromatic nitrogens is 4. The van der Waals surface area contributed by atoms with Gasteiger partial charge >= 0.3 is 0 Å². The summed E-state index contributed by atoms with van der Waals surface area (Å²) in [5, 5.41) is 10.5. The Bertz CT molecular complexity index is 1320. The zero-order chi connectivity index (χ0) is 23.9. The molecule has 3 aromatic rings. The van der Waals surface area contributed by atoms with Crippen LogP contribution < -0.4 is 10.6 Å². The van der Waals surface area contributed by atoms with Gasteiger partial charge in [-0.25, -0.2) is 8.42 Å². The molecule has 0 radical (unpaired) electrons. The van der Waals surface area contributed by atoms with Crippen LogP contribution in [0.2, 0.25) is 0 Å². The van der Waals surface area contributed by atoms with E-state index in [2.05, 4.69) is 20.7 Å². The van der Waals surface area contributed by atoms with Gasteiger partial charge in [0.05, 0.1) is 18.8 Å². The molecular formula is C23H29N7O3S. The summed E-state index contributed by atoms with van der Waals surface area (Å²) in [6, 6.07) is 7.16. The van der Waals surface area contributed by atoms with Gasteiger partial charge in [-0.05, 0) is 43.7 Å². The number of hydrogen-bond acceptors (Lipinski definition) is 6. The summed E-state index contributed by atoms with van der Waals surface area (Å²) >= 11 is 0. The smallest absolute Gasteiger partial charge is 0.268 e. The maximum Gasteiger partial charge on any atom is 0.268 e. The Morgan fingerprint density at radius 3 is 2.91 bits per heavy atom. The standard InChI is InChI=1S/C23H29N7O3S/c1-16-21(34(32,33)29-10-11-30-19(15-29)6-9-27-30)12-20(28(16)2)23(31)26-14-17-4-3-7-25-22(17)18-5-8-24-13-18/h3-4,6-7,9,12,18,24H,5,8,10-11,13-15H2,1-2H3,(H,26,31). The van der Waals surface area contributed by atoms with Crippen LogP contribution in [-0.4, -0.2) is 57.6 Å². The summed E-state index contributed by atoms with van der Waals surface area (Å²) in [6.07, 6.45) is 4.48. The van der Waals surface area contributed by atoms with E-state index in [1.165, 1.54) is 10.4 Å². The summed E-state index contributed by atoms with van der Waals surface area (Å²) in [4.78, 5) is 17.8. The van der Waals surface area contributed by atoms with Crippen molar-refractivity contribution in [3.8, 4) is 0 Å². The molecule has 10 nitrogen and oxygen atoms in total. The monoisotopic (exact) mass is 483 g/mol. The molecule has 5 heterocycles. The number of sulfonamides is 1. The van der Waals surface area contributed by atoms with Crippen molar-refractivity contribution in [1.29, 1.82) is 0 Å². The van der Waals surface area contributed by atoms with Crippen molar-refractivity contribution >= 4 is 15.9 Å². The van der Waals surface area contributed by atoms with Crippen LogP contribution in [0.4, 0.5) is 0 Å². The number of fused-ring (bicyclic) bond motifs is 1.